The summed E-state index contributed by atoms with van der Waals surface area (Å²) < 4.78 is 2.15. The zero-order chi connectivity index (χ0) is 9.80. The Hall–Kier alpha value is -0.540. The highest BCUT2D eigenvalue weighted by Gasteiger charge is 2.17. The Morgan fingerprint density at radius 3 is 2.87 bits per heavy atom. The van der Waals surface area contributed by atoms with Crippen LogP contribution in [0.1, 0.15) is 44.2 Å². The summed E-state index contributed by atoms with van der Waals surface area (Å²) in [5.41, 5.74) is 1.30. The zero-order valence-electron chi connectivity index (χ0n) is 9.28. The van der Waals surface area contributed by atoms with Crippen molar-refractivity contribution >= 4 is 12.4 Å². The summed E-state index contributed by atoms with van der Waals surface area (Å²) in [6.45, 7) is 4.10. The molecule has 2 rings (SSSR count). The molecular formula is C11H20ClN3. The Balaban J connectivity index is 0.00000112. The van der Waals surface area contributed by atoms with E-state index in [1.54, 1.807) is 0 Å². The molecule has 0 aliphatic heterocycles. The molecule has 0 atom stereocenters. The van der Waals surface area contributed by atoms with Crippen LogP contribution in [0, 0.1) is 0 Å². The first-order valence-electron chi connectivity index (χ1n) is 5.64. The summed E-state index contributed by atoms with van der Waals surface area (Å²) in [4.78, 5) is 0. The van der Waals surface area contributed by atoms with Gasteiger partial charge in [0.05, 0.1) is 12.2 Å². The first-order valence-corrected chi connectivity index (χ1v) is 5.64. The van der Waals surface area contributed by atoms with Crippen LogP contribution in [0.3, 0.4) is 0 Å². The van der Waals surface area contributed by atoms with E-state index in [-0.39, 0.29) is 12.4 Å². The summed E-state index contributed by atoms with van der Waals surface area (Å²) >= 11 is 0. The Bertz CT molecular complexity index is 279. The van der Waals surface area contributed by atoms with Crippen molar-refractivity contribution in [1.82, 2.24) is 15.1 Å². The van der Waals surface area contributed by atoms with E-state index < -0.39 is 0 Å². The molecule has 1 aromatic heterocycles. The van der Waals surface area contributed by atoms with E-state index in [1.165, 1.54) is 31.2 Å². The molecule has 0 spiro atoms. The van der Waals surface area contributed by atoms with Crippen LogP contribution in [0.25, 0.3) is 0 Å². The smallest absolute Gasteiger partial charge is 0.0534 e. The average molecular weight is 230 g/mol. The minimum Gasteiger partial charge on any atom is -0.313 e. The minimum absolute atomic E-state index is 0. The summed E-state index contributed by atoms with van der Waals surface area (Å²) in [6, 6.07) is 0.672. The number of nitrogens with one attached hydrogen (secondary N) is 1. The highest BCUT2D eigenvalue weighted by Crippen LogP contribution is 2.28. The predicted octanol–water partition coefficient (Wildman–Crippen LogP) is 2.53. The Labute approximate surface area is 97.7 Å². The predicted molar refractivity (Wildman–Crippen MR) is 64.4 cm³/mol. The Kier molecular flexibility index (Phi) is 5.12. The van der Waals surface area contributed by atoms with Crippen LogP contribution in [-0.4, -0.2) is 16.3 Å². The van der Waals surface area contributed by atoms with Crippen molar-refractivity contribution in [2.45, 2.75) is 45.2 Å². The van der Waals surface area contributed by atoms with Gasteiger partial charge in [0, 0.05) is 18.3 Å². The molecule has 4 heteroatoms. The number of aromatic nitrogens is 2. The van der Waals surface area contributed by atoms with Gasteiger partial charge in [-0.25, -0.2) is 0 Å². The van der Waals surface area contributed by atoms with E-state index in [0.29, 0.717) is 6.04 Å². The van der Waals surface area contributed by atoms with Crippen molar-refractivity contribution in [3.8, 4) is 0 Å². The van der Waals surface area contributed by atoms with Gasteiger partial charge in [-0.1, -0.05) is 19.8 Å². The first-order chi connectivity index (χ1) is 6.90. The van der Waals surface area contributed by atoms with Crippen molar-refractivity contribution in [1.29, 1.82) is 0 Å². The van der Waals surface area contributed by atoms with E-state index >= 15 is 0 Å². The molecule has 1 aromatic rings. The molecule has 0 aromatic carbocycles. The van der Waals surface area contributed by atoms with Crippen molar-refractivity contribution in [3.63, 3.8) is 0 Å². The lowest BCUT2D eigenvalue weighted by atomic mass is 10.2. The SMILES string of the molecule is CCNCc1cnn(C2CCCC2)c1.Cl. The second kappa shape index (κ2) is 6.13. The highest BCUT2D eigenvalue weighted by atomic mass is 35.5. The molecule has 0 saturated heterocycles. The molecule has 86 valence electrons. The van der Waals surface area contributed by atoms with Gasteiger partial charge >= 0.3 is 0 Å². The maximum absolute atomic E-state index is 4.43. The second-order valence-electron chi connectivity index (χ2n) is 4.05. The molecule has 3 nitrogen and oxygen atoms in total. The Morgan fingerprint density at radius 2 is 2.20 bits per heavy atom. The topological polar surface area (TPSA) is 29.9 Å². The number of halogens is 1. The van der Waals surface area contributed by atoms with Gasteiger partial charge in [0.15, 0.2) is 0 Å². The molecule has 0 radical (unpaired) electrons. The van der Waals surface area contributed by atoms with Crippen LogP contribution in [0.2, 0.25) is 0 Å². The molecular weight excluding hydrogens is 210 g/mol. The number of nitrogens with zero attached hydrogens (tertiary/aromatic N) is 2. The molecule has 0 unspecified atom stereocenters. The highest BCUT2D eigenvalue weighted by molar-refractivity contribution is 5.85. The molecule has 1 N–H and O–H groups in total. The lowest BCUT2D eigenvalue weighted by Crippen LogP contribution is -2.11. The number of rotatable bonds is 4. The second-order valence-corrected chi connectivity index (χ2v) is 4.05. The molecule has 0 amide bonds. The van der Waals surface area contributed by atoms with Crippen LogP contribution in [-0.2, 0) is 6.54 Å². The molecule has 1 aliphatic carbocycles. The van der Waals surface area contributed by atoms with E-state index in [2.05, 4.69) is 28.2 Å². The summed E-state index contributed by atoms with van der Waals surface area (Å²) in [5.74, 6) is 0. The van der Waals surface area contributed by atoms with Crippen molar-refractivity contribution in [2.24, 2.45) is 0 Å². The summed E-state index contributed by atoms with van der Waals surface area (Å²) in [5, 5.41) is 7.74. The largest absolute Gasteiger partial charge is 0.313 e. The van der Waals surface area contributed by atoms with Crippen LogP contribution in [0.15, 0.2) is 12.4 Å². The van der Waals surface area contributed by atoms with Crippen LogP contribution < -0.4 is 5.32 Å². The number of hydrogen-bond donors (Lipinski definition) is 1. The molecule has 1 fully saturated rings. The van der Waals surface area contributed by atoms with E-state index in [0.717, 1.165) is 13.1 Å². The quantitative estimate of drug-likeness (QED) is 0.860. The van der Waals surface area contributed by atoms with Gasteiger partial charge < -0.3 is 5.32 Å². The van der Waals surface area contributed by atoms with Gasteiger partial charge in [0.25, 0.3) is 0 Å². The molecule has 0 bridgehead atoms. The lowest BCUT2D eigenvalue weighted by Gasteiger charge is -2.08. The average Bonchev–Trinajstić information content (AvgIpc) is 2.85. The fourth-order valence-corrected chi connectivity index (χ4v) is 2.11. The normalized spacial score (nSPS) is 16.6. The van der Waals surface area contributed by atoms with E-state index in [4.69, 9.17) is 0 Å². The number of hydrogen-bond acceptors (Lipinski definition) is 2. The zero-order valence-corrected chi connectivity index (χ0v) is 10.1. The summed E-state index contributed by atoms with van der Waals surface area (Å²) in [7, 11) is 0. The lowest BCUT2D eigenvalue weighted by molar-refractivity contribution is 0.466. The van der Waals surface area contributed by atoms with Gasteiger partial charge in [0.1, 0.15) is 0 Å². The van der Waals surface area contributed by atoms with Gasteiger partial charge in [-0.05, 0) is 19.4 Å². The first kappa shape index (κ1) is 12.5. The maximum Gasteiger partial charge on any atom is 0.0534 e. The van der Waals surface area contributed by atoms with Crippen LogP contribution in [0.5, 0.6) is 0 Å². The Morgan fingerprint density at radius 1 is 1.47 bits per heavy atom. The third-order valence-electron chi connectivity index (χ3n) is 2.93. The van der Waals surface area contributed by atoms with Crippen molar-refractivity contribution < 1.29 is 0 Å². The maximum atomic E-state index is 4.43. The third-order valence-corrected chi connectivity index (χ3v) is 2.93. The van der Waals surface area contributed by atoms with Gasteiger partial charge in [-0.15, -0.1) is 12.4 Å². The molecule has 1 aliphatic rings. The van der Waals surface area contributed by atoms with Crippen LogP contribution >= 0.6 is 12.4 Å². The van der Waals surface area contributed by atoms with Gasteiger partial charge in [-0.3, -0.25) is 4.68 Å². The molecule has 1 heterocycles. The third kappa shape index (κ3) is 3.21. The fraction of sp³-hybridized carbons (Fsp3) is 0.727. The summed E-state index contributed by atoms with van der Waals surface area (Å²) in [6.07, 6.45) is 9.53. The molecule has 15 heavy (non-hydrogen) atoms. The fourth-order valence-electron chi connectivity index (χ4n) is 2.11. The monoisotopic (exact) mass is 229 g/mol. The van der Waals surface area contributed by atoms with Crippen molar-refractivity contribution in [3.05, 3.63) is 18.0 Å². The van der Waals surface area contributed by atoms with E-state index in [9.17, 15) is 0 Å². The van der Waals surface area contributed by atoms with E-state index in [1.807, 2.05) is 6.20 Å². The van der Waals surface area contributed by atoms with Gasteiger partial charge in [-0.2, -0.15) is 5.10 Å². The molecule has 1 saturated carbocycles. The minimum atomic E-state index is 0. The van der Waals surface area contributed by atoms with Crippen molar-refractivity contribution in [2.75, 3.05) is 6.54 Å². The standard InChI is InChI=1S/C11H19N3.ClH/c1-2-12-7-10-8-13-14(9-10)11-5-3-4-6-11;/h8-9,11-12H,2-7H2,1H3;1H. The van der Waals surface area contributed by atoms with Crippen LogP contribution in [0.4, 0.5) is 0 Å². The van der Waals surface area contributed by atoms with Gasteiger partial charge in [0.2, 0.25) is 0 Å².